The first kappa shape index (κ1) is 10.5. The van der Waals surface area contributed by atoms with Crippen molar-refractivity contribution in [3.05, 3.63) is 30.5 Å². The molecule has 4 heteroatoms. The molecule has 1 aromatic heterocycles. The summed E-state index contributed by atoms with van der Waals surface area (Å²) in [5.41, 5.74) is 1.99. The number of benzene rings is 1. The van der Waals surface area contributed by atoms with Crippen molar-refractivity contribution in [3.8, 4) is 0 Å². The third kappa shape index (κ3) is 1.96. The predicted octanol–water partition coefficient (Wildman–Crippen LogP) is 1.81. The molecule has 3 rings (SSSR count). The fourth-order valence-corrected chi connectivity index (χ4v) is 2.00. The minimum absolute atomic E-state index is 0.102. The summed E-state index contributed by atoms with van der Waals surface area (Å²) in [4.78, 5) is 0. The maximum absolute atomic E-state index is 9.28. The van der Waals surface area contributed by atoms with Crippen molar-refractivity contribution in [2.75, 3.05) is 18.5 Å². The Morgan fingerprint density at radius 3 is 2.88 bits per heavy atom. The highest BCUT2D eigenvalue weighted by atomic mass is 16.3. The zero-order chi connectivity index (χ0) is 11.7. The third-order valence-corrected chi connectivity index (χ3v) is 3.49. The second-order valence-electron chi connectivity index (χ2n) is 4.79. The van der Waals surface area contributed by atoms with E-state index >= 15 is 0 Å². The molecule has 0 aliphatic heterocycles. The van der Waals surface area contributed by atoms with E-state index in [2.05, 4.69) is 15.5 Å². The minimum Gasteiger partial charge on any atom is -0.396 e. The first-order chi connectivity index (χ1) is 8.33. The van der Waals surface area contributed by atoms with E-state index < -0.39 is 0 Å². The van der Waals surface area contributed by atoms with Gasteiger partial charge >= 0.3 is 0 Å². The Balaban J connectivity index is 1.85. The van der Waals surface area contributed by atoms with E-state index in [1.165, 1.54) is 0 Å². The lowest BCUT2D eigenvalue weighted by Crippen LogP contribution is -2.19. The minimum atomic E-state index is 0.102. The maximum atomic E-state index is 9.28. The summed E-state index contributed by atoms with van der Waals surface area (Å²) in [5.74, 6) is 0. The van der Waals surface area contributed by atoms with Crippen LogP contribution in [0.3, 0.4) is 0 Å². The Bertz CT molecular complexity index is 532. The van der Waals surface area contributed by atoms with E-state index in [0.29, 0.717) is 0 Å². The molecule has 0 saturated heterocycles. The highest BCUT2D eigenvalue weighted by molar-refractivity contribution is 5.90. The van der Waals surface area contributed by atoms with Gasteiger partial charge < -0.3 is 10.4 Å². The van der Waals surface area contributed by atoms with Gasteiger partial charge in [-0.25, -0.2) is 0 Å². The topological polar surface area (TPSA) is 58.0 Å². The number of nitrogens with zero attached hydrogens (tertiary/aromatic N) is 2. The van der Waals surface area contributed by atoms with E-state index in [1.807, 2.05) is 24.3 Å². The molecule has 1 aromatic carbocycles. The summed E-state index contributed by atoms with van der Waals surface area (Å²) in [6.45, 7) is 1.07. The molecule has 1 saturated carbocycles. The second-order valence-corrected chi connectivity index (χ2v) is 4.79. The number of hydrogen-bond donors (Lipinski definition) is 2. The van der Waals surface area contributed by atoms with E-state index in [-0.39, 0.29) is 12.0 Å². The molecule has 17 heavy (non-hydrogen) atoms. The van der Waals surface area contributed by atoms with Crippen LogP contribution in [0.25, 0.3) is 10.9 Å². The summed E-state index contributed by atoms with van der Waals surface area (Å²) in [6.07, 6.45) is 3.95. The number of aromatic nitrogens is 2. The van der Waals surface area contributed by atoms with Crippen molar-refractivity contribution in [1.82, 2.24) is 10.2 Å². The van der Waals surface area contributed by atoms with E-state index in [9.17, 15) is 5.11 Å². The molecule has 0 spiro atoms. The van der Waals surface area contributed by atoms with Crippen molar-refractivity contribution in [1.29, 1.82) is 0 Å². The molecule has 1 aliphatic carbocycles. The van der Waals surface area contributed by atoms with Crippen LogP contribution in [0.4, 0.5) is 5.69 Å². The smallest absolute Gasteiger partial charge is 0.0950 e. The Labute approximate surface area is 99.7 Å². The first-order valence-electron chi connectivity index (χ1n) is 5.88. The largest absolute Gasteiger partial charge is 0.396 e. The summed E-state index contributed by atoms with van der Waals surface area (Å²) in [7, 11) is 0. The van der Waals surface area contributed by atoms with Crippen LogP contribution in [0.5, 0.6) is 0 Å². The number of rotatable bonds is 4. The summed E-state index contributed by atoms with van der Waals surface area (Å²) in [5, 5.41) is 21.8. The van der Waals surface area contributed by atoms with E-state index in [4.69, 9.17) is 0 Å². The quantitative estimate of drug-likeness (QED) is 0.839. The molecule has 88 valence electrons. The molecule has 0 amide bonds. The first-order valence-corrected chi connectivity index (χ1v) is 5.88. The Kier molecular flexibility index (Phi) is 2.44. The molecule has 0 bridgehead atoms. The van der Waals surface area contributed by atoms with Crippen molar-refractivity contribution in [2.45, 2.75) is 12.8 Å². The second kappa shape index (κ2) is 3.96. The van der Waals surface area contributed by atoms with Gasteiger partial charge in [-0.2, -0.15) is 10.2 Å². The van der Waals surface area contributed by atoms with Gasteiger partial charge in [0.05, 0.1) is 24.0 Å². The fourth-order valence-electron chi connectivity index (χ4n) is 2.00. The van der Waals surface area contributed by atoms with Crippen molar-refractivity contribution in [2.24, 2.45) is 5.41 Å². The van der Waals surface area contributed by atoms with Crippen LogP contribution in [0.2, 0.25) is 0 Å². The van der Waals surface area contributed by atoms with Crippen molar-refractivity contribution >= 4 is 16.6 Å². The van der Waals surface area contributed by atoms with Crippen LogP contribution in [0.15, 0.2) is 30.5 Å². The molecule has 1 fully saturated rings. The molecular formula is C13H15N3O. The third-order valence-electron chi connectivity index (χ3n) is 3.49. The SMILES string of the molecule is OCC1(CNc2cnnc3ccccc23)CC1. The lowest BCUT2D eigenvalue weighted by molar-refractivity contribution is 0.220. The molecule has 2 N–H and O–H groups in total. The zero-order valence-electron chi connectivity index (χ0n) is 9.56. The Morgan fingerprint density at radius 1 is 1.29 bits per heavy atom. The average molecular weight is 229 g/mol. The van der Waals surface area contributed by atoms with Crippen LogP contribution in [0, 0.1) is 5.41 Å². The van der Waals surface area contributed by atoms with Gasteiger partial charge in [-0.3, -0.25) is 0 Å². The highest BCUT2D eigenvalue weighted by Crippen LogP contribution is 2.45. The Hall–Kier alpha value is -1.68. The standard InChI is InChI=1S/C13H15N3O/c17-9-13(5-6-13)8-14-12-7-15-16-11-4-2-1-3-10(11)12/h1-4,7,17H,5-6,8-9H2,(H,14,16). The van der Waals surface area contributed by atoms with Crippen LogP contribution in [-0.2, 0) is 0 Å². The molecule has 1 heterocycles. The molecule has 0 atom stereocenters. The Morgan fingerprint density at radius 2 is 2.12 bits per heavy atom. The number of aliphatic hydroxyl groups excluding tert-OH is 1. The van der Waals surface area contributed by atoms with Gasteiger partial charge in [0.2, 0.25) is 0 Å². The van der Waals surface area contributed by atoms with Gasteiger partial charge in [0.1, 0.15) is 0 Å². The molecule has 2 aromatic rings. The monoisotopic (exact) mass is 229 g/mol. The normalized spacial score (nSPS) is 17.0. The van der Waals surface area contributed by atoms with Crippen LogP contribution in [-0.4, -0.2) is 28.5 Å². The molecule has 0 unspecified atom stereocenters. The van der Waals surface area contributed by atoms with Gasteiger partial charge in [0, 0.05) is 17.3 Å². The van der Waals surface area contributed by atoms with Gasteiger partial charge in [-0.15, -0.1) is 0 Å². The summed E-state index contributed by atoms with van der Waals surface area (Å²) in [6, 6.07) is 7.93. The molecular weight excluding hydrogens is 214 g/mol. The number of aliphatic hydroxyl groups is 1. The molecule has 0 radical (unpaired) electrons. The summed E-state index contributed by atoms with van der Waals surface area (Å²) >= 11 is 0. The summed E-state index contributed by atoms with van der Waals surface area (Å²) < 4.78 is 0. The molecule has 4 nitrogen and oxygen atoms in total. The maximum Gasteiger partial charge on any atom is 0.0950 e. The van der Waals surface area contributed by atoms with Gasteiger partial charge in [-0.1, -0.05) is 18.2 Å². The fraction of sp³-hybridized carbons (Fsp3) is 0.385. The van der Waals surface area contributed by atoms with Crippen molar-refractivity contribution in [3.63, 3.8) is 0 Å². The average Bonchev–Trinajstić information content (AvgIpc) is 3.17. The lowest BCUT2D eigenvalue weighted by atomic mass is 10.1. The zero-order valence-corrected chi connectivity index (χ0v) is 9.56. The number of anilines is 1. The van der Waals surface area contributed by atoms with Crippen molar-refractivity contribution < 1.29 is 5.11 Å². The number of hydrogen-bond acceptors (Lipinski definition) is 4. The van der Waals surface area contributed by atoms with Crippen LogP contribution >= 0.6 is 0 Å². The van der Waals surface area contributed by atoms with Gasteiger partial charge in [0.15, 0.2) is 0 Å². The highest BCUT2D eigenvalue weighted by Gasteiger charge is 2.41. The lowest BCUT2D eigenvalue weighted by Gasteiger charge is -2.14. The van der Waals surface area contributed by atoms with Crippen LogP contribution < -0.4 is 5.32 Å². The number of fused-ring (bicyclic) bond motifs is 1. The van der Waals surface area contributed by atoms with E-state index in [1.54, 1.807) is 6.20 Å². The predicted molar refractivity (Wildman–Crippen MR) is 66.8 cm³/mol. The molecule has 1 aliphatic rings. The number of nitrogens with one attached hydrogen (secondary N) is 1. The van der Waals surface area contributed by atoms with Gasteiger partial charge in [-0.05, 0) is 18.9 Å². The van der Waals surface area contributed by atoms with Crippen LogP contribution in [0.1, 0.15) is 12.8 Å². The van der Waals surface area contributed by atoms with E-state index in [0.717, 1.165) is 36.0 Å². The van der Waals surface area contributed by atoms with Gasteiger partial charge in [0.25, 0.3) is 0 Å².